The number of hydrogen-bond donors (Lipinski definition) is 1. The lowest BCUT2D eigenvalue weighted by Crippen LogP contribution is -2.48. The lowest BCUT2D eigenvalue weighted by molar-refractivity contribution is -0.0146. The van der Waals surface area contributed by atoms with Crippen LogP contribution in [0.25, 0.3) is 0 Å². The third kappa shape index (κ3) is 2.77. The van der Waals surface area contributed by atoms with Crippen LogP contribution in [0.2, 0.25) is 0 Å². The van der Waals surface area contributed by atoms with Gasteiger partial charge in [-0.25, -0.2) is 4.98 Å². The SMILES string of the molecule is CC(C)(c1n[nH]c(Cc2cccs2)n1)N1CCOCC1. The van der Waals surface area contributed by atoms with E-state index in [1.54, 1.807) is 11.3 Å². The summed E-state index contributed by atoms with van der Waals surface area (Å²) in [6.45, 7) is 7.79. The minimum atomic E-state index is -0.159. The van der Waals surface area contributed by atoms with Crippen molar-refractivity contribution in [3.8, 4) is 0 Å². The molecule has 20 heavy (non-hydrogen) atoms. The Morgan fingerprint density at radius 1 is 1.40 bits per heavy atom. The predicted molar refractivity (Wildman–Crippen MR) is 78.9 cm³/mol. The summed E-state index contributed by atoms with van der Waals surface area (Å²) < 4.78 is 5.42. The van der Waals surface area contributed by atoms with Crippen LogP contribution in [-0.2, 0) is 16.7 Å². The van der Waals surface area contributed by atoms with E-state index in [1.165, 1.54) is 4.88 Å². The lowest BCUT2D eigenvalue weighted by atomic mass is 10.0. The molecule has 0 spiro atoms. The molecule has 0 aromatic carbocycles. The molecule has 0 amide bonds. The number of H-pyrrole nitrogens is 1. The van der Waals surface area contributed by atoms with Crippen molar-refractivity contribution in [3.63, 3.8) is 0 Å². The highest BCUT2D eigenvalue weighted by molar-refractivity contribution is 7.09. The minimum Gasteiger partial charge on any atom is -0.379 e. The van der Waals surface area contributed by atoms with Gasteiger partial charge in [0.25, 0.3) is 0 Å². The molecule has 5 nitrogen and oxygen atoms in total. The van der Waals surface area contributed by atoms with E-state index in [0.29, 0.717) is 0 Å². The summed E-state index contributed by atoms with van der Waals surface area (Å²) in [4.78, 5) is 8.38. The number of nitrogens with zero attached hydrogens (tertiary/aromatic N) is 3. The van der Waals surface area contributed by atoms with E-state index in [0.717, 1.165) is 44.4 Å². The van der Waals surface area contributed by atoms with Crippen LogP contribution >= 0.6 is 11.3 Å². The first-order chi connectivity index (χ1) is 9.66. The largest absolute Gasteiger partial charge is 0.379 e. The van der Waals surface area contributed by atoms with E-state index >= 15 is 0 Å². The van der Waals surface area contributed by atoms with Crippen molar-refractivity contribution >= 4 is 11.3 Å². The number of rotatable bonds is 4. The van der Waals surface area contributed by atoms with Gasteiger partial charge in [-0.2, -0.15) is 5.10 Å². The van der Waals surface area contributed by atoms with Crippen molar-refractivity contribution in [2.45, 2.75) is 25.8 Å². The molecule has 0 bridgehead atoms. The molecule has 0 unspecified atom stereocenters. The fourth-order valence-electron chi connectivity index (χ4n) is 2.49. The molecule has 1 saturated heterocycles. The van der Waals surface area contributed by atoms with E-state index in [-0.39, 0.29) is 5.54 Å². The third-order valence-corrected chi connectivity index (χ3v) is 4.68. The fourth-order valence-corrected chi connectivity index (χ4v) is 3.20. The molecule has 1 aliphatic heterocycles. The van der Waals surface area contributed by atoms with Gasteiger partial charge in [0, 0.05) is 24.4 Å². The lowest BCUT2D eigenvalue weighted by Gasteiger charge is -2.38. The van der Waals surface area contributed by atoms with Crippen LogP contribution in [0.15, 0.2) is 17.5 Å². The number of hydrogen-bond acceptors (Lipinski definition) is 5. The average Bonchev–Trinajstić information content (AvgIpc) is 3.12. The zero-order chi connectivity index (χ0) is 14.0. The first-order valence-corrected chi connectivity index (χ1v) is 7.81. The number of nitrogens with one attached hydrogen (secondary N) is 1. The van der Waals surface area contributed by atoms with E-state index in [1.807, 2.05) is 0 Å². The van der Waals surface area contributed by atoms with Crippen molar-refractivity contribution in [3.05, 3.63) is 34.0 Å². The maximum absolute atomic E-state index is 5.42. The summed E-state index contributed by atoms with van der Waals surface area (Å²) in [5.74, 6) is 1.80. The third-order valence-electron chi connectivity index (χ3n) is 3.80. The van der Waals surface area contributed by atoms with Crippen LogP contribution in [0, 0.1) is 0 Å². The van der Waals surface area contributed by atoms with Crippen molar-refractivity contribution in [1.29, 1.82) is 0 Å². The summed E-state index contributed by atoms with van der Waals surface area (Å²) in [6.07, 6.45) is 0.823. The molecule has 1 N–H and O–H groups in total. The van der Waals surface area contributed by atoms with Crippen LogP contribution in [0.4, 0.5) is 0 Å². The van der Waals surface area contributed by atoms with Crippen molar-refractivity contribution in [2.24, 2.45) is 0 Å². The second kappa shape index (κ2) is 5.63. The Morgan fingerprint density at radius 3 is 2.90 bits per heavy atom. The molecule has 3 rings (SSSR count). The summed E-state index contributed by atoms with van der Waals surface area (Å²) in [6, 6.07) is 4.19. The average molecular weight is 292 g/mol. The van der Waals surface area contributed by atoms with Gasteiger partial charge in [-0.05, 0) is 25.3 Å². The Labute approximate surface area is 123 Å². The van der Waals surface area contributed by atoms with Gasteiger partial charge in [0.1, 0.15) is 5.82 Å². The van der Waals surface area contributed by atoms with Gasteiger partial charge in [-0.1, -0.05) is 6.07 Å². The number of aromatic amines is 1. The Balaban J connectivity index is 1.74. The Kier molecular flexibility index (Phi) is 3.87. The van der Waals surface area contributed by atoms with E-state index in [2.05, 4.69) is 51.4 Å². The Hall–Kier alpha value is -1.24. The van der Waals surface area contributed by atoms with E-state index < -0.39 is 0 Å². The maximum atomic E-state index is 5.42. The fraction of sp³-hybridized carbons (Fsp3) is 0.571. The van der Waals surface area contributed by atoms with Crippen molar-refractivity contribution < 1.29 is 4.74 Å². The van der Waals surface area contributed by atoms with E-state index in [9.17, 15) is 0 Å². The summed E-state index contributed by atoms with van der Waals surface area (Å²) in [5.41, 5.74) is -0.159. The van der Waals surface area contributed by atoms with Crippen LogP contribution in [0.1, 0.15) is 30.4 Å². The van der Waals surface area contributed by atoms with E-state index in [4.69, 9.17) is 4.74 Å². The van der Waals surface area contributed by atoms with Gasteiger partial charge in [0.15, 0.2) is 5.82 Å². The quantitative estimate of drug-likeness (QED) is 0.937. The highest BCUT2D eigenvalue weighted by Crippen LogP contribution is 2.26. The molecule has 108 valence electrons. The van der Waals surface area contributed by atoms with Gasteiger partial charge in [-0.15, -0.1) is 11.3 Å². The standard InChI is InChI=1S/C14H20N4OS/c1-14(2,18-5-7-19-8-6-18)13-15-12(16-17-13)10-11-4-3-9-20-11/h3-4,9H,5-8,10H2,1-2H3,(H,15,16,17). The van der Waals surface area contributed by atoms with Gasteiger partial charge < -0.3 is 4.74 Å². The van der Waals surface area contributed by atoms with Crippen LogP contribution in [0.3, 0.4) is 0 Å². The molecule has 0 atom stereocenters. The van der Waals surface area contributed by atoms with Gasteiger partial charge in [0.2, 0.25) is 0 Å². The first kappa shape index (κ1) is 13.7. The molecular weight excluding hydrogens is 272 g/mol. The summed E-state index contributed by atoms with van der Waals surface area (Å²) in [5, 5.41) is 9.59. The molecular formula is C14H20N4OS. The Morgan fingerprint density at radius 2 is 2.20 bits per heavy atom. The van der Waals surface area contributed by atoms with Crippen molar-refractivity contribution in [2.75, 3.05) is 26.3 Å². The molecule has 0 radical (unpaired) electrons. The molecule has 2 aromatic heterocycles. The normalized spacial score (nSPS) is 17.5. The van der Waals surface area contributed by atoms with Crippen molar-refractivity contribution in [1.82, 2.24) is 20.1 Å². The molecule has 3 heterocycles. The number of ether oxygens (including phenoxy) is 1. The van der Waals surface area contributed by atoms with Gasteiger partial charge in [0.05, 0.1) is 18.8 Å². The molecule has 1 fully saturated rings. The monoisotopic (exact) mass is 292 g/mol. The zero-order valence-corrected chi connectivity index (χ0v) is 12.7. The molecule has 1 aliphatic rings. The highest BCUT2D eigenvalue weighted by Gasteiger charge is 2.33. The molecule has 0 aliphatic carbocycles. The maximum Gasteiger partial charge on any atom is 0.170 e. The number of thiophene rings is 1. The molecule has 0 saturated carbocycles. The summed E-state index contributed by atoms with van der Waals surface area (Å²) in [7, 11) is 0. The molecule has 2 aromatic rings. The smallest absolute Gasteiger partial charge is 0.170 e. The summed E-state index contributed by atoms with van der Waals surface area (Å²) >= 11 is 1.75. The minimum absolute atomic E-state index is 0.159. The van der Waals surface area contributed by atoms with Crippen LogP contribution in [0.5, 0.6) is 0 Å². The topological polar surface area (TPSA) is 54.0 Å². The second-order valence-corrected chi connectivity index (χ2v) is 6.55. The zero-order valence-electron chi connectivity index (χ0n) is 11.9. The second-order valence-electron chi connectivity index (χ2n) is 5.52. The van der Waals surface area contributed by atoms with Gasteiger partial charge >= 0.3 is 0 Å². The van der Waals surface area contributed by atoms with Crippen LogP contribution < -0.4 is 0 Å². The predicted octanol–water partition coefficient (Wildman–Crippen LogP) is 2.02. The Bertz CT molecular complexity index is 543. The number of morpholine rings is 1. The molecule has 6 heteroatoms. The van der Waals surface area contributed by atoms with Crippen LogP contribution in [-0.4, -0.2) is 46.4 Å². The van der Waals surface area contributed by atoms with Gasteiger partial charge in [-0.3, -0.25) is 10.00 Å². The highest BCUT2D eigenvalue weighted by atomic mass is 32.1. The first-order valence-electron chi connectivity index (χ1n) is 6.93. The number of aromatic nitrogens is 3.